The Morgan fingerprint density at radius 2 is 2.08 bits per heavy atom. The molecule has 1 nitrogen and oxygen atoms in total. The third kappa shape index (κ3) is 1.23. The van der Waals surface area contributed by atoms with E-state index in [1.165, 1.54) is 0 Å². The van der Waals surface area contributed by atoms with Crippen molar-refractivity contribution in [2.24, 2.45) is 5.41 Å². The molecule has 0 spiro atoms. The lowest BCUT2D eigenvalue weighted by molar-refractivity contribution is 0.343. The van der Waals surface area contributed by atoms with Crippen LogP contribution in [0.5, 0.6) is 0 Å². The summed E-state index contributed by atoms with van der Waals surface area (Å²) in [5, 5.41) is 10.6. The lowest BCUT2D eigenvalue weighted by Gasteiger charge is -2.26. The summed E-state index contributed by atoms with van der Waals surface area (Å²) < 4.78 is -0.00262. The third-order valence-electron chi connectivity index (χ3n) is 2.83. The van der Waals surface area contributed by atoms with Crippen LogP contribution in [-0.4, -0.2) is 15.1 Å². The van der Waals surface area contributed by atoms with Gasteiger partial charge in [-0.25, -0.2) is 0 Å². The Kier molecular flexibility index (Phi) is 1.66. The number of thioether (sulfide) groups is 1. The molecule has 0 aromatic rings. The highest BCUT2D eigenvalue weighted by molar-refractivity contribution is 8.09. The minimum atomic E-state index is -0.00262. The van der Waals surface area contributed by atoms with Crippen LogP contribution in [0, 0.1) is 5.41 Å². The Hall–Kier alpha value is -0.370. The van der Waals surface area contributed by atoms with Crippen molar-refractivity contribution in [1.29, 1.82) is 0 Å². The Morgan fingerprint density at radius 1 is 1.46 bits per heavy atom. The monoisotopic (exact) mass is 196 g/mol. The van der Waals surface area contributed by atoms with Crippen LogP contribution < -0.4 is 0 Å². The van der Waals surface area contributed by atoms with Crippen LogP contribution in [-0.2, 0) is 0 Å². The number of fused-ring (bicyclic) bond motifs is 1. The summed E-state index contributed by atoms with van der Waals surface area (Å²) in [6, 6.07) is 0. The molecular formula is C11H16OS. The smallest absolute Gasteiger partial charge is 0.113 e. The van der Waals surface area contributed by atoms with Crippen molar-refractivity contribution < 1.29 is 5.11 Å². The maximum absolute atomic E-state index is 10.1. The highest BCUT2D eigenvalue weighted by Gasteiger charge is 2.56. The zero-order valence-corrected chi connectivity index (χ0v) is 9.40. The maximum Gasteiger partial charge on any atom is 0.113 e. The van der Waals surface area contributed by atoms with Crippen LogP contribution >= 0.6 is 11.8 Å². The lowest BCUT2D eigenvalue weighted by atomic mass is 9.80. The molecule has 0 saturated carbocycles. The molecule has 1 aliphatic carbocycles. The largest absolute Gasteiger partial charge is 0.510 e. The zero-order valence-electron chi connectivity index (χ0n) is 8.59. The first kappa shape index (κ1) is 9.20. The van der Waals surface area contributed by atoms with Gasteiger partial charge >= 0.3 is 0 Å². The first-order chi connectivity index (χ1) is 5.86. The molecule has 2 atom stereocenters. The van der Waals surface area contributed by atoms with Crippen LogP contribution in [0.4, 0.5) is 0 Å². The van der Waals surface area contributed by atoms with E-state index in [9.17, 15) is 5.11 Å². The van der Waals surface area contributed by atoms with Crippen LogP contribution in [0.25, 0.3) is 0 Å². The summed E-state index contributed by atoms with van der Waals surface area (Å²) in [4.78, 5) is 0. The Morgan fingerprint density at radius 3 is 2.62 bits per heavy atom. The van der Waals surface area contributed by atoms with Crippen LogP contribution in [0.3, 0.4) is 0 Å². The molecule has 0 bridgehead atoms. The summed E-state index contributed by atoms with van der Waals surface area (Å²) >= 11 is 1.83. The van der Waals surface area contributed by atoms with Gasteiger partial charge in [-0.1, -0.05) is 32.9 Å². The highest BCUT2D eigenvalue weighted by Crippen LogP contribution is 2.61. The van der Waals surface area contributed by atoms with Gasteiger partial charge in [-0.2, -0.15) is 0 Å². The van der Waals surface area contributed by atoms with Crippen molar-refractivity contribution in [2.45, 2.75) is 37.7 Å². The van der Waals surface area contributed by atoms with Gasteiger partial charge in [0.2, 0.25) is 0 Å². The number of aliphatic hydroxyl groups excluding tert-OH is 1. The average molecular weight is 196 g/mol. The van der Waals surface area contributed by atoms with Crippen molar-refractivity contribution in [3.8, 4) is 0 Å². The highest BCUT2D eigenvalue weighted by atomic mass is 32.2. The minimum absolute atomic E-state index is 0.00262. The molecule has 1 fully saturated rings. The van der Waals surface area contributed by atoms with Gasteiger partial charge in [-0.3, -0.25) is 0 Å². The van der Waals surface area contributed by atoms with Gasteiger partial charge in [0.25, 0.3) is 0 Å². The number of hydrogen-bond acceptors (Lipinski definition) is 2. The van der Waals surface area contributed by atoms with Gasteiger partial charge in [-0.15, -0.1) is 11.8 Å². The van der Waals surface area contributed by atoms with Gasteiger partial charge in [-0.05, 0) is 17.9 Å². The molecule has 1 heterocycles. The lowest BCUT2D eigenvalue weighted by Crippen LogP contribution is -2.22. The molecule has 2 aliphatic rings. The predicted octanol–water partition coefficient (Wildman–Crippen LogP) is 3.29. The topological polar surface area (TPSA) is 20.2 Å². The number of allylic oxidation sites excluding steroid dienone is 2. The third-order valence-corrected chi connectivity index (χ3v) is 4.39. The second-order valence-corrected chi connectivity index (χ2v) is 6.61. The van der Waals surface area contributed by atoms with E-state index in [4.69, 9.17) is 0 Å². The van der Waals surface area contributed by atoms with Crippen LogP contribution in [0.15, 0.2) is 23.5 Å². The van der Waals surface area contributed by atoms with Crippen molar-refractivity contribution >= 4 is 11.8 Å². The predicted molar refractivity (Wildman–Crippen MR) is 58.0 cm³/mol. The van der Waals surface area contributed by atoms with Gasteiger partial charge in [0, 0.05) is 5.25 Å². The summed E-state index contributed by atoms with van der Waals surface area (Å²) in [6.07, 6.45) is 4.30. The molecule has 72 valence electrons. The standard InChI is InChI=1S/C11H16OS/c1-10(2,3)7-5-6-8-11(4,13-8)9(7)12/h5-6,8,12H,1-4H3. The van der Waals surface area contributed by atoms with E-state index >= 15 is 0 Å². The molecule has 0 aromatic carbocycles. The van der Waals surface area contributed by atoms with E-state index < -0.39 is 0 Å². The summed E-state index contributed by atoms with van der Waals surface area (Å²) in [7, 11) is 0. The van der Waals surface area contributed by atoms with Gasteiger partial charge in [0.1, 0.15) is 5.76 Å². The molecule has 0 aromatic heterocycles. The quantitative estimate of drug-likeness (QED) is 0.600. The molecule has 0 radical (unpaired) electrons. The Labute approximate surface area is 83.9 Å². The fraction of sp³-hybridized carbons (Fsp3) is 0.636. The fourth-order valence-corrected chi connectivity index (χ4v) is 2.81. The van der Waals surface area contributed by atoms with Gasteiger partial charge < -0.3 is 5.11 Å². The second-order valence-electron chi connectivity index (χ2n) is 5.02. The molecule has 2 heteroatoms. The first-order valence-corrected chi connectivity index (χ1v) is 5.54. The van der Waals surface area contributed by atoms with Crippen LogP contribution in [0.1, 0.15) is 27.7 Å². The van der Waals surface area contributed by atoms with Crippen molar-refractivity contribution in [3.05, 3.63) is 23.5 Å². The van der Waals surface area contributed by atoms with Crippen molar-refractivity contribution in [1.82, 2.24) is 0 Å². The maximum atomic E-state index is 10.1. The number of rotatable bonds is 0. The molecule has 13 heavy (non-hydrogen) atoms. The zero-order chi connectivity index (χ0) is 9.85. The van der Waals surface area contributed by atoms with E-state index in [1.54, 1.807) is 0 Å². The summed E-state index contributed by atoms with van der Waals surface area (Å²) in [5.74, 6) is 0.595. The van der Waals surface area contributed by atoms with E-state index in [-0.39, 0.29) is 10.2 Å². The number of hydrogen-bond donors (Lipinski definition) is 1. The molecule has 1 aliphatic heterocycles. The van der Waals surface area contributed by atoms with E-state index in [1.807, 2.05) is 11.8 Å². The average Bonchev–Trinajstić information content (AvgIpc) is 2.61. The van der Waals surface area contributed by atoms with Crippen molar-refractivity contribution in [3.63, 3.8) is 0 Å². The first-order valence-electron chi connectivity index (χ1n) is 4.66. The van der Waals surface area contributed by atoms with E-state index in [0.717, 1.165) is 5.57 Å². The molecule has 0 amide bonds. The second kappa shape index (κ2) is 2.35. The fourth-order valence-electron chi connectivity index (χ4n) is 1.78. The molecular weight excluding hydrogens is 180 g/mol. The summed E-state index contributed by atoms with van der Waals surface area (Å²) in [5.41, 5.74) is 1.15. The van der Waals surface area contributed by atoms with E-state index in [0.29, 0.717) is 11.0 Å². The molecule has 1 N–H and O–H groups in total. The Bertz CT molecular complexity index is 309. The van der Waals surface area contributed by atoms with Gasteiger partial charge in [0.05, 0.1) is 4.75 Å². The molecule has 2 unspecified atom stereocenters. The normalized spacial score (nSPS) is 37.7. The molecule has 2 rings (SSSR count). The SMILES string of the molecule is CC(C)(C)C1=C(O)C2(C)SC2C=C1. The van der Waals surface area contributed by atoms with Gasteiger partial charge in [0.15, 0.2) is 0 Å². The van der Waals surface area contributed by atoms with Crippen molar-refractivity contribution in [2.75, 3.05) is 0 Å². The van der Waals surface area contributed by atoms with E-state index in [2.05, 4.69) is 39.8 Å². The number of aliphatic hydroxyl groups is 1. The minimum Gasteiger partial charge on any atom is -0.510 e. The summed E-state index contributed by atoms with van der Waals surface area (Å²) in [6.45, 7) is 8.53. The van der Waals surface area contributed by atoms with Crippen LogP contribution in [0.2, 0.25) is 0 Å². The Balaban J connectivity index is 2.43. The molecule has 1 saturated heterocycles.